The van der Waals surface area contributed by atoms with Gasteiger partial charge in [-0.15, -0.1) is 0 Å². The minimum absolute atomic E-state index is 0.114. The van der Waals surface area contributed by atoms with Gasteiger partial charge in [-0.25, -0.2) is 23.4 Å². The van der Waals surface area contributed by atoms with Gasteiger partial charge in [-0.05, 0) is 24.1 Å². The second-order valence-electron chi connectivity index (χ2n) is 7.82. The first kappa shape index (κ1) is 24.4. The SMILES string of the molecule is CCc1cccc2sc(NS(=O)(=O)c3cc(NC(=O)c4ncc(-c5ccccc5)o4)cnc3OC)nc12. The predicted molar refractivity (Wildman–Crippen MR) is 140 cm³/mol. The number of carbonyl (C=O) groups is 1. The number of aryl methyl sites for hydroxylation is 1. The van der Waals surface area contributed by atoms with Crippen LogP contribution in [0.1, 0.15) is 23.2 Å². The first-order valence-corrected chi connectivity index (χ1v) is 13.5. The van der Waals surface area contributed by atoms with Crippen LogP contribution in [0.3, 0.4) is 0 Å². The normalized spacial score (nSPS) is 11.4. The summed E-state index contributed by atoms with van der Waals surface area (Å²) in [6.45, 7) is 2.01. The summed E-state index contributed by atoms with van der Waals surface area (Å²) in [5, 5.41) is 2.78. The zero-order valence-electron chi connectivity index (χ0n) is 19.8. The number of aromatic nitrogens is 3. The third kappa shape index (κ3) is 5.01. The van der Waals surface area contributed by atoms with Crippen molar-refractivity contribution in [2.24, 2.45) is 0 Å². The van der Waals surface area contributed by atoms with Gasteiger partial charge in [-0.2, -0.15) is 0 Å². The number of amides is 1. The molecule has 1 amide bonds. The molecule has 0 spiro atoms. The summed E-state index contributed by atoms with van der Waals surface area (Å²) in [5.41, 5.74) is 2.65. The third-order valence-corrected chi connectivity index (χ3v) is 7.82. The lowest BCUT2D eigenvalue weighted by Gasteiger charge is -2.11. The summed E-state index contributed by atoms with van der Waals surface area (Å²) in [6.07, 6.45) is 3.49. The zero-order chi connectivity index (χ0) is 26.0. The molecule has 188 valence electrons. The quantitative estimate of drug-likeness (QED) is 0.284. The standard InChI is InChI=1S/C25H21N5O5S2/c1-3-15-10-7-11-19-21(15)29-25(36-19)30-37(32,33)20-12-17(13-26-23(20)34-2)28-22(31)24-27-14-18(35-24)16-8-5-4-6-9-16/h4-14H,3H2,1-2H3,(H,28,31)(H,29,30). The molecule has 0 aliphatic heterocycles. The fraction of sp³-hybridized carbons (Fsp3) is 0.120. The molecule has 0 saturated heterocycles. The highest BCUT2D eigenvalue weighted by atomic mass is 32.2. The molecule has 3 heterocycles. The van der Waals surface area contributed by atoms with Crippen molar-refractivity contribution < 1.29 is 22.4 Å². The number of nitrogens with zero attached hydrogens (tertiary/aromatic N) is 3. The van der Waals surface area contributed by atoms with Crippen molar-refractivity contribution >= 4 is 48.3 Å². The number of benzene rings is 2. The van der Waals surface area contributed by atoms with Gasteiger partial charge in [0, 0.05) is 5.56 Å². The lowest BCUT2D eigenvalue weighted by Crippen LogP contribution is -2.17. The highest BCUT2D eigenvalue weighted by molar-refractivity contribution is 7.93. The Morgan fingerprint density at radius 3 is 2.65 bits per heavy atom. The summed E-state index contributed by atoms with van der Waals surface area (Å²) in [5.74, 6) is -0.557. The maximum Gasteiger partial charge on any atom is 0.311 e. The molecule has 5 aromatic rings. The van der Waals surface area contributed by atoms with E-state index >= 15 is 0 Å². The monoisotopic (exact) mass is 535 g/mol. The fourth-order valence-electron chi connectivity index (χ4n) is 3.65. The summed E-state index contributed by atoms with van der Waals surface area (Å²) in [6, 6.07) is 16.2. The number of ether oxygens (including phenoxy) is 1. The number of para-hydroxylation sites is 1. The Bertz CT molecular complexity index is 1700. The van der Waals surface area contributed by atoms with Crippen LogP contribution in [0.15, 0.2) is 76.3 Å². The number of rotatable bonds is 8. The number of hydrogen-bond acceptors (Lipinski definition) is 9. The molecule has 0 fully saturated rings. The predicted octanol–water partition coefficient (Wildman–Crippen LogP) is 4.97. The van der Waals surface area contributed by atoms with E-state index < -0.39 is 15.9 Å². The number of hydrogen-bond donors (Lipinski definition) is 2. The molecular formula is C25H21N5O5S2. The molecule has 10 nitrogen and oxygen atoms in total. The lowest BCUT2D eigenvalue weighted by molar-refractivity contribution is 0.0991. The topological polar surface area (TPSA) is 136 Å². The summed E-state index contributed by atoms with van der Waals surface area (Å²) < 4.78 is 40.6. The highest BCUT2D eigenvalue weighted by Gasteiger charge is 2.24. The number of pyridine rings is 1. The number of methoxy groups -OCH3 is 1. The Morgan fingerprint density at radius 1 is 1.08 bits per heavy atom. The summed E-state index contributed by atoms with van der Waals surface area (Å²) >= 11 is 1.22. The summed E-state index contributed by atoms with van der Waals surface area (Å²) in [4.78, 5) is 25.0. The number of sulfonamides is 1. The fourth-order valence-corrected chi connectivity index (χ4v) is 5.94. The van der Waals surface area contributed by atoms with Crippen LogP contribution in [0.5, 0.6) is 5.88 Å². The molecule has 0 aliphatic carbocycles. The van der Waals surface area contributed by atoms with Crippen molar-refractivity contribution in [3.05, 3.63) is 78.4 Å². The Hall–Kier alpha value is -4.29. The lowest BCUT2D eigenvalue weighted by atomic mass is 10.1. The van der Waals surface area contributed by atoms with Crippen molar-refractivity contribution in [2.45, 2.75) is 18.2 Å². The molecule has 0 saturated carbocycles. The molecule has 0 aliphatic rings. The Morgan fingerprint density at radius 2 is 1.89 bits per heavy atom. The molecule has 5 rings (SSSR count). The van der Waals surface area contributed by atoms with E-state index in [0.717, 1.165) is 27.8 Å². The molecule has 37 heavy (non-hydrogen) atoms. The molecular weight excluding hydrogens is 514 g/mol. The second-order valence-corrected chi connectivity index (χ2v) is 10.5. The highest BCUT2D eigenvalue weighted by Crippen LogP contribution is 2.32. The number of fused-ring (bicyclic) bond motifs is 1. The van der Waals surface area contributed by atoms with Gasteiger partial charge in [0.15, 0.2) is 15.8 Å². The van der Waals surface area contributed by atoms with Crippen LogP contribution >= 0.6 is 11.3 Å². The van der Waals surface area contributed by atoms with E-state index in [1.165, 1.54) is 36.9 Å². The minimum Gasteiger partial charge on any atom is -0.480 e. The van der Waals surface area contributed by atoms with Crippen LogP contribution in [0.4, 0.5) is 10.8 Å². The zero-order valence-corrected chi connectivity index (χ0v) is 21.4. The van der Waals surface area contributed by atoms with Gasteiger partial charge in [0.2, 0.25) is 5.88 Å². The van der Waals surface area contributed by atoms with E-state index in [2.05, 4.69) is 25.0 Å². The first-order valence-electron chi connectivity index (χ1n) is 11.2. The van der Waals surface area contributed by atoms with Crippen LogP contribution in [-0.2, 0) is 16.4 Å². The van der Waals surface area contributed by atoms with Crippen molar-refractivity contribution in [1.29, 1.82) is 0 Å². The van der Waals surface area contributed by atoms with Gasteiger partial charge in [-0.3, -0.25) is 9.52 Å². The first-order chi connectivity index (χ1) is 17.9. The molecule has 0 bridgehead atoms. The van der Waals surface area contributed by atoms with Gasteiger partial charge in [-0.1, -0.05) is 60.7 Å². The van der Waals surface area contributed by atoms with Gasteiger partial charge in [0.1, 0.15) is 0 Å². The van der Waals surface area contributed by atoms with Crippen LogP contribution < -0.4 is 14.8 Å². The Balaban J connectivity index is 1.40. The van der Waals surface area contributed by atoms with Crippen molar-refractivity contribution in [2.75, 3.05) is 17.1 Å². The van der Waals surface area contributed by atoms with Crippen LogP contribution in [0.25, 0.3) is 21.5 Å². The number of anilines is 2. The Kier molecular flexibility index (Phi) is 6.59. The van der Waals surface area contributed by atoms with Gasteiger partial charge in [0.25, 0.3) is 15.9 Å². The van der Waals surface area contributed by atoms with Crippen molar-refractivity contribution in [1.82, 2.24) is 15.0 Å². The van der Waals surface area contributed by atoms with Gasteiger partial charge >= 0.3 is 5.91 Å². The van der Waals surface area contributed by atoms with Crippen LogP contribution in [0.2, 0.25) is 0 Å². The van der Waals surface area contributed by atoms with Gasteiger partial charge < -0.3 is 14.5 Å². The third-order valence-electron chi connectivity index (χ3n) is 5.42. The molecule has 0 radical (unpaired) electrons. The van der Waals surface area contributed by atoms with Crippen LogP contribution in [0, 0.1) is 0 Å². The maximum atomic E-state index is 13.3. The number of carbonyl (C=O) groups excluding carboxylic acids is 1. The van der Waals surface area contributed by atoms with Gasteiger partial charge in [0.05, 0.1) is 35.4 Å². The van der Waals surface area contributed by atoms with Crippen LogP contribution in [-0.4, -0.2) is 36.4 Å². The van der Waals surface area contributed by atoms with E-state index in [1.807, 2.05) is 55.5 Å². The minimum atomic E-state index is -4.16. The van der Waals surface area contributed by atoms with E-state index in [-0.39, 0.29) is 27.5 Å². The average Bonchev–Trinajstić information content (AvgIpc) is 3.56. The largest absolute Gasteiger partial charge is 0.480 e. The number of thiazole rings is 1. The second kappa shape index (κ2) is 9.99. The van der Waals surface area contributed by atoms with Crippen molar-refractivity contribution in [3.63, 3.8) is 0 Å². The summed E-state index contributed by atoms with van der Waals surface area (Å²) in [7, 11) is -2.85. The Labute approximate surface area is 216 Å². The average molecular weight is 536 g/mol. The maximum absolute atomic E-state index is 13.3. The van der Waals surface area contributed by atoms with E-state index in [9.17, 15) is 13.2 Å². The number of nitrogens with one attached hydrogen (secondary N) is 2. The van der Waals surface area contributed by atoms with E-state index in [4.69, 9.17) is 9.15 Å². The van der Waals surface area contributed by atoms with E-state index in [0.29, 0.717) is 5.76 Å². The molecule has 12 heteroatoms. The molecule has 2 aromatic carbocycles. The molecule has 2 N–H and O–H groups in total. The molecule has 3 aromatic heterocycles. The number of oxazole rings is 1. The van der Waals surface area contributed by atoms with E-state index in [1.54, 1.807) is 0 Å². The smallest absolute Gasteiger partial charge is 0.311 e. The molecule has 0 unspecified atom stereocenters. The molecule has 0 atom stereocenters. The van der Waals surface area contributed by atoms with Crippen molar-refractivity contribution in [3.8, 4) is 17.2 Å².